The van der Waals surface area contributed by atoms with E-state index in [1.165, 1.54) is 0 Å². The van der Waals surface area contributed by atoms with Gasteiger partial charge >= 0.3 is 23.9 Å². The van der Waals surface area contributed by atoms with E-state index in [9.17, 15) is 29.4 Å². The highest BCUT2D eigenvalue weighted by molar-refractivity contribution is 5.73. The Hall–Kier alpha value is -2.32. The Morgan fingerprint density at radius 3 is 1.18 bits per heavy atom. The number of carboxylic acid groups (broad SMARTS) is 1. The predicted octanol–water partition coefficient (Wildman–Crippen LogP) is 1.46. The average Bonchev–Trinajstić information content (AvgIpc) is 3.22. The predicted molar refractivity (Wildman–Crippen MR) is 169 cm³/mol. The molecule has 0 amide bonds. The second kappa shape index (κ2) is 16.5. The van der Waals surface area contributed by atoms with E-state index in [4.69, 9.17) is 14.2 Å². The van der Waals surface area contributed by atoms with Gasteiger partial charge < -0.3 is 24.4 Å². The standard InChI is InChI=1S/C32H58N4O9/c1-30(2,3)43-25(38)20-33-12-14-34(21-26(39)44-31(4,5)6)16-18-36(28-23(29(41)42)10-11-24(28)37)19-17-35(15-13-33)22-27(40)45-32(7,8)9/h23-24,28,37H,10-22H2,1-9H3,(H,41,42)/t23-,24+,28+/m1/s1. The van der Waals surface area contributed by atoms with Gasteiger partial charge in [0.1, 0.15) is 16.8 Å². The minimum Gasteiger partial charge on any atom is -0.481 e. The molecule has 13 nitrogen and oxygen atoms in total. The van der Waals surface area contributed by atoms with Gasteiger partial charge in [0.15, 0.2) is 0 Å². The number of ether oxygens (including phenoxy) is 3. The Bertz CT molecular complexity index is 956. The van der Waals surface area contributed by atoms with E-state index in [0.29, 0.717) is 65.2 Å². The monoisotopic (exact) mass is 642 g/mol. The first-order valence-electron chi connectivity index (χ1n) is 16.1. The molecule has 0 aromatic heterocycles. The summed E-state index contributed by atoms with van der Waals surface area (Å²) in [5.41, 5.74) is -1.95. The molecule has 1 saturated heterocycles. The minimum atomic E-state index is -0.948. The molecule has 2 fully saturated rings. The van der Waals surface area contributed by atoms with Gasteiger partial charge in [0.25, 0.3) is 0 Å². The maximum atomic E-state index is 12.9. The first-order valence-corrected chi connectivity index (χ1v) is 16.1. The molecule has 0 aromatic carbocycles. The van der Waals surface area contributed by atoms with Gasteiger partial charge in [-0.3, -0.25) is 38.8 Å². The number of carbonyl (C=O) groups is 4. The van der Waals surface area contributed by atoms with Crippen LogP contribution >= 0.6 is 0 Å². The van der Waals surface area contributed by atoms with Gasteiger partial charge in [-0.15, -0.1) is 0 Å². The second-order valence-corrected chi connectivity index (χ2v) is 15.2. The summed E-state index contributed by atoms with van der Waals surface area (Å²) >= 11 is 0. The van der Waals surface area contributed by atoms with Crippen LogP contribution in [-0.2, 0) is 33.4 Å². The van der Waals surface area contributed by atoms with Crippen LogP contribution in [-0.4, -0.2) is 155 Å². The lowest BCUT2D eigenvalue weighted by Crippen LogP contribution is -2.54. The molecular weight excluding hydrogens is 584 g/mol. The SMILES string of the molecule is CC(C)(C)OC(=O)CN1CCN(CC(=O)OC(C)(C)C)CCN([C@@H]2[C@@H](O)CC[C@H]2C(=O)O)CCN(CC(=O)OC(C)(C)C)CC1. The van der Waals surface area contributed by atoms with Crippen LogP contribution in [0.2, 0.25) is 0 Å². The van der Waals surface area contributed by atoms with E-state index in [-0.39, 0.29) is 37.5 Å². The molecule has 13 heteroatoms. The van der Waals surface area contributed by atoms with Crippen LogP contribution in [0.4, 0.5) is 0 Å². The summed E-state index contributed by atoms with van der Waals surface area (Å²) in [6.07, 6.45) is -0.0383. The third kappa shape index (κ3) is 15.2. The van der Waals surface area contributed by atoms with E-state index in [1.54, 1.807) is 0 Å². The number of aliphatic hydroxyl groups is 1. The zero-order valence-electron chi connectivity index (χ0n) is 29.0. The molecule has 0 unspecified atom stereocenters. The Labute approximate surface area is 269 Å². The van der Waals surface area contributed by atoms with Crippen molar-refractivity contribution in [2.75, 3.05) is 72.0 Å². The van der Waals surface area contributed by atoms with Crippen LogP contribution in [0.1, 0.15) is 75.2 Å². The lowest BCUT2D eigenvalue weighted by molar-refractivity contribution is -0.158. The van der Waals surface area contributed by atoms with Crippen molar-refractivity contribution in [1.29, 1.82) is 0 Å². The van der Waals surface area contributed by atoms with Gasteiger partial charge in [0, 0.05) is 58.4 Å². The largest absolute Gasteiger partial charge is 0.481 e. The van der Waals surface area contributed by atoms with E-state index in [0.717, 1.165) is 0 Å². The molecule has 0 bridgehead atoms. The van der Waals surface area contributed by atoms with Crippen molar-refractivity contribution in [2.24, 2.45) is 5.92 Å². The lowest BCUT2D eigenvalue weighted by Gasteiger charge is -2.38. The molecule has 2 N–H and O–H groups in total. The number of hydrogen-bond acceptors (Lipinski definition) is 12. The van der Waals surface area contributed by atoms with Crippen LogP contribution in [0.15, 0.2) is 0 Å². The van der Waals surface area contributed by atoms with E-state index >= 15 is 0 Å². The second-order valence-electron chi connectivity index (χ2n) is 15.2. The third-order valence-electron chi connectivity index (χ3n) is 7.51. The summed E-state index contributed by atoms with van der Waals surface area (Å²) in [5, 5.41) is 20.8. The Morgan fingerprint density at radius 1 is 0.578 bits per heavy atom. The summed E-state index contributed by atoms with van der Waals surface area (Å²) in [4.78, 5) is 58.5. The number of hydrogen-bond donors (Lipinski definition) is 2. The number of aliphatic hydroxyl groups excluding tert-OH is 1. The van der Waals surface area contributed by atoms with Gasteiger partial charge in [-0.2, -0.15) is 0 Å². The van der Waals surface area contributed by atoms with Crippen molar-refractivity contribution in [3.05, 3.63) is 0 Å². The van der Waals surface area contributed by atoms with Crippen LogP contribution in [0.5, 0.6) is 0 Å². The van der Waals surface area contributed by atoms with Crippen molar-refractivity contribution in [1.82, 2.24) is 19.6 Å². The fourth-order valence-corrected chi connectivity index (χ4v) is 5.72. The number of carbonyl (C=O) groups excluding carboxylic acids is 3. The van der Waals surface area contributed by atoms with Crippen molar-refractivity contribution in [2.45, 2.75) is 104 Å². The smallest absolute Gasteiger partial charge is 0.320 e. The van der Waals surface area contributed by atoms with Crippen LogP contribution in [0.25, 0.3) is 0 Å². The van der Waals surface area contributed by atoms with E-state index < -0.39 is 40.8 Å². The average molecular weight is 643 g/mol. The van der Waals surface area contributed by atoms with Crippen molar-refractivity contribution in [3.63, 3.8) is 0 Å². The summed E-state index contributed by atoms with van der Waals surface area (Å²) in [6, 6.07) is -0.596. The van der Waals surface area contributed by atoms with Gasteiger partial charge in [-0.05, 0) is 75.2 Å². The summed E-state index contributed by atoms with van der Waals surface area (Å²) in [7, 11) is 0. The number of aliphatic carboxylic acids is 1. The van der Waals surface area contributed by atoms with Crippen molar-refractivity contribution < 1.29 is 43.6 Å². The van der Waals surface area contributed by atoms with Crippen LogP contribution in [0.3, 0.4) is 0 Å². The van der Waals surface area contributed by atoms with E-state index in [2.05, 4.69) is 0 Å². The number of esters is 3. The minimum absolute atomic E-state index is 0.0196. The van der Waals surface area contributed by atoms with Crippen LogP contribution < -0.4 is 0 Å². The van der Waals surface area contributed by atoms with Gasteiger partial charge in [0.05, 0.1) is 31.7 Å². The molecule has 2 rings (SSSR count). The molecule has 1 saturated carbocycles. The Kier molecular flexibility index (Phi) is 14.2. The maximum absolute atomic E-state index is 12.9. The summed E-state index contributed by atoms with van der Waals surface area (Å²) in [5.74, 6) is -2.80. The molecule has 0 radical (unpaired) electrons. The molecule has 1 heterocycles. The normalized spacial score (nSPS) is 24.4. The lowest BCUT2D eigenvalue weighted by atomic mass is 10.0. The first-order chi connectivity index (χ1) is 20.6. The summed E-state index contributed by atoms with van der Waals surface area (Å²) in [6.45, 7) is 19.7. The molecule has 1 aliphatic heterocycles. The molecule has 0 spiro atoms. The fourth-order valence-electron chi connectivity index (χ4n) is 5.72. The molecule has 45 heavy (non-hydrogen) atoms. The zero-order chi connectivity index (χ0) is 34.2. The van der Waals surface area contributed by atoms with Gasteiger partial charge in [-0.1, -0.05) is 0 Å². The number of nitrogens with zero attached hydrogens (tertiary/aromatic N) is 4. The quantitative estimate of drug-likeness (QED) is 0.291. The molecule has 1 aliphatic carbocycles. The zero-order valence-corrected chi connectivity index (χ0v) is 29.0. The highest BCUT2D eigenvalue weighted by Gasteiger charge is 2.43. The molecular formula is C32H58N4O9. The highest BCUT2D eigenvalue weighted by Crippen LogP contribution is 2.31. The molecule has 3 atom stereocenters. The topological polar surface area (TPSA) is 149 Å². The third-order valence-corrected chi connectivity index (χ3v) is 7.51. The van der Waals surface area contributed by atoms with Gasteiger partial charge in [0.2, 0.25) is 0 Å². The molecule has 0 aromatic rings. The van der Waals surface area contributed by atoms with Crippen LogP contribution in [0, 0.1) is 5.92 Å². The number of carboxylic acids is 1. The highest BCUT2D eigenvalue weighted by atomic mass is 16.6. The molecule has 2 aliphatic rings. The Balaban J connectivity index is 2.36. The van der Waals surface area contributed by atoms with E-state index in [1.807, 2.05) is 81.9 Å². The van der Waals surface area contributed by atoms with Gasteiger partial charge in [-0.25, -0.2) is 0 Å². The fraction of sp³-hybridized carbons (Fsp3) is 0.875. The van der Waals surface area contributed by atoms with Crippen molar-refractivity contribution in [3.8, 4) is 0 Å². The first kappa shape index (κ1) is 38.9. The van der Waals surface area contributed by atoms with Crippen molar-refractivity contribution >= 4 is 23.9 Å². The Morgan fingerprint density at radius 2 is 0.889 bits per heavy atom. The molecule has 260 valence electrons. The number of rotatable bonds is 8. The summed E-state index contributed by atoms with van der Waals surface area (Å²) < 4.78 is 16.8. The maximum Gasteiger partial charge on any atom is 0.320 e.